The Balaban J connectivity index is 2.50. The standard InChI is InChI=1S/C11H12N4/c1-6-9-7(2-4-13-10(9)12)8-3-5-14-11(8)15-6/h2,4H,3,5H2,1H3,(H2,12,13)(H,14,15). The Bertz CT molecular complexity index is 548. The van der Waals surface area contributed by atoms with Crippen molar-refractivity contribution >= 4 is 22.4 Å². The monoisotopic (exact) mass is 200 g/mol. The number of nitrogens with two attached hydrogens (primary N) is 1. The number of rotatable bonds is 0. The first-order chi connectivity index (χ1) is 7.27. The van der Waals surface area contributed by atoms with Gasteiger partial charge >= 0.3 is 0 Å². The summed E-state index contributed by atoms with van der Waals surface area (Å²) in [4.78, 5) is 8.62. The number of hydrogen-bond donors (Lipinski definition) is 2. The number of nitrogen functional groups attached to an aromatic ring is 1. The number of aromatic nitrogens is 2. The summed E-state index contributed by atoms with van der Waals surface area (Å²) in [7, 11) is 0. The fraction of sp³-hybridized carbons (Fsp3) is 0.273. The van der Waals surface area contributed by atoms with Crippen LogP contribution in [0.4, 0.5) is 11.6 Å². The third-order valence-corrected chi connectivity index (χ3v) is 2.90. The van der Waals surface area contributed by atoms with Crippen LogP contribution in [0.2, 0.25) is 0 Å². The first-order valence-electron chi connectivity index (χ1n) is 5.05. The fourth-order valence-corrected chi connectivity index (χ4v) is 2.23. The molecule has 4 heteroatoms. The molecule has 4 nitrogen and oxygen atoms in total. The molecule has 3 N–H and O–H groups in total. The molecule has 1 aliphatic rings. The van der Waals surface area contributed by atoms with Gasteiger partial charge in [0.25, 0.3) is 0 Å². The van der Waals surface area contributed by atoms with Crippen LogP contribution >= 0.6 is 0 Å². The van der Waals surface area contributed by atoms with Crippen LogP contribution in [0.15, 0.2) is 12.3 Å². The van der Waals surface area contributed by atoms with Crippen LogP contribution in [0.25, 0.3) is 10.8 Å². The molecular formula is C11H12N4. The number of pyridine rings is 2. The van der Waals surface area contributed by atoms with E-state index in [9.17, 15) is 0 Å². The zero-order valence-corrected chi connectivity index (χ0v) is 8.54. The summed E-state index contributed by atoms with van der Waals surface area (Å²) in [5.41, 5.74) is 8.10. The lowest BCUT2D eigenvalue weighted by atomic mass is 10.1. The van der Waals surface area contributed by atoms with E-state index in [1.54, 1.807) is 6.20 Å². The lowest BCUT2D eigenvalue weighted by Crippen LogP contribution is -1.98. The van der Waals surface area contributed by atoms with Crippen LogP contribution in [0.1, 0.15) is 11.3 Å². The normalized spacial score (nSPS) is 13.9. The maximum Gasteiger partial charge on any atom is 0.133 e. The fourth-order valence-electron chi connectivity index (χ4n) is 2.23. The molecule has 3 heterocycles. The summed E-state index contributed by atoms with van der Waals surface area (Å²) >= 11 is 0. The van der Waals surface area contributed by atoms with E-state index in [4.69, 9.17) is 5.73 Å². The molecule has 0 bridgehead atoms. The summed E-state index contributed by atoms with van der Waals surface area (Å²) in [6, 6.07) is 2.02. The smallest absolute Gasteiger partial charge is 0.133 e. The maximum absolute atomic E-state index is 5.88. The summed E-state index contributed by atoms with van der Waals surface area (Å²) < 4.78 is 0. The van der Waals surface area contributed by atoms with Crippen LogP contribution in [-0.4, -0.2) is 16.5 Å². The van der Waals surface area contributed by atoms with Crippen LogP contribution in [0.5, 0.6) is 0 Å². The number of hydrogen-bond acceptors (Lipinski definition) is 4. The van der Waals surface area contributed by atoms with Gasteiger partial charge in [0.1, 0.15) is 11.6 Å². The molecule has 0 atom stereocenters. The molecule has 0 saturated heterocycles. The zero-order chi connectivity index (χ0) is 10.4. The van der Waals surface area contributed by atoms with Gasteiger partial charge in [-0.1, -0.05) is 0 Å². The minimum atomic E-state index is 0.576. The molecule has 0 aliphatic carbocycles. The molecule has 2 aromatic heterocycles. The average Bonchev–Trinajstić information content (AvgIpc) is 2.65. The topological polar surface area (TPSA) is 63.8 Å². The van der Waals surface area contributed by atoms with Gasteiger partial charge in [-0.05, 0) is 24.8 Å². The van der Waals surface area contributed by atoms with Gasteiger partial charge in [0, 0.05) is 23.7 Å². The predicted molar refractivity (Wildman–Crippen MR) is 60.9 cm³/mol. The molecule has 15 heavy (non-hydrogen) atoms. The first-order valence-corrected chi connectivity index (χ1v) is 5.05. The number of nitrogens with one attached hydrogen (secondary N) is 1. The van der Waals surface area contributed by atoms with E-state index in [0.29, 0.717) is 5.82 Å². The molecule has 0 saturated carbocycles. The van der Waals surface area contributed by atoms with Crippen molar-refractivity contribution in [3.8, 4) is 0 Å². The number of anilines is 2. The SMILES string of the molecule is Cc1nc2c(c3ccnc(N)c13)CCN2. The van der Waals surface area contributed by atoms with E-state index >= 15 is 0 Å². The highest BCUT2D eigenvalue weighted by molar-refractivity contribution is 5.97. The van der Waals surface area contributed by atoms with Crippen molar-refractivity contribution < 1.29 is 0 Å². The molecular weight excluding hydrogens is 188 g/mol. The van der Waals surface area contributed by atoms with Gasteiger partial charge < -0.3 is 11.1 Å². The van der Waals surface area contributed by atoms with E-state index in [1.165, 1.54) is 10.9 Å². The van der Waals surface area contributed by atoms with Crippen LogP contribution < -0.4 is 11.1 Å². The number of nitrogens with zero attached hydrogens (tertiary/aromatic N) is 2. The molecule has 0 aromatic carbocycles. The second-order valence-electron chi connectivity index (χ2n) is 3.82. The van der Waals surface area contributed by atoms with E-state index < -0.39 is 0 Å². The Morgan fingerprint density at radius 2 is 2.33 bits per heavy atom. The Kier molecular flexibility index (Phi) is 1.59. The first kappa shape index (κ1) is 8.47. The zero-order valence-electron chi connectivity index (χ0n) is 8.54. The molecule has 1 aliphatic heterocycles. The lowest BCUT2D eigenvalue weighted by molar-refractivity contribution is 1.11. The van der Waals surface area contributed by atoms with Crippen molar-refractivity contribution in [3.05, 3.63) is 23.5 Å². The summed E-state index contributed by atoms with van der Waals surface area (Å²) in [6.07, 6.45) is 2.78. The average molecular weight is 200 g/mol. The van der Waals surface area contributed by atoms with Crippen LogP contribution in [0, 0.1) is 6.92 Å². The molecule has 2 aromatic rings. The number of aryl methyl sites for hydroxylation is 1. The van der Waals surface area contributed by atoms with Gasteiger partial charge in [0.2, 0.25) is 0 Å². The molecule has 0 radical (unpaired) electrons. The third-order valence-electron chi connectivity index (χ3n) is 2.90. The summed E-state index contributed by atoms with van der Waals surface area (Å²) in [5.74, 6) is 1.58. The number of fused-ring (bicyclic) bond motifs is 3. The van der Waals surface area contributed by atoms with Crippen molar-refractivity contribution in [1.29, 1.82) is 0 Å². The molecule has 0 spiro atoms. The maximum atomic E-state index is 5.88. The van der Waals surface area contributed by atoms with E-state index in [0.717, 1.165) is 29.9 Å². The molecule has 0 fully saturated rings. The highest BCUT2D eigenvalue weighted by Crippen LogP contribution is 2.32. The van der Waals surface area contributed by atoms with E-state index in [1.807, 2.05) is 13.0 Å². The van der Waals surface area contributed by atoms with Crippen molar-refractivity contribution in [2.75, 3.05) is 17.6 Å². The van der Waals surface area contributed by atoms with Gasteiger partial charge in [-0.2, -0.15) is 0 Å². The van der Waals surface area contributed by atoms with Gasteiger partial charge in [-0.15, -0.1) is 0 Å². The van der Waals surface area contributed by atoms with Gasteiger partial charge in [0.05, 0.1) is 5.69 Å². The minimum absolute atomic E-state index is 0.576. The van der Waals surface area contributed by atoms with Crippen LogP contribution in [0.3, 0.4) is 0 Å². The Labute approximate surface area is 87.5 Å². The largest absolute Gasteiger partial charge is 0.383 e. The Hall–Kier alpha value is -1.84. The minimum Gasteiger partial charge on any atom is -0.383 e. The molecule has 0 unspecified atom stereocenters. The van der Waals surface area contributed by atoms with Gasteiger partial charge in [0.15, 0.2) is 0 Å². The molecule has 3 rings (SSSR count). The highest BCUT2D eigenvalue weighted by Gasteiger charge is 2.17. The van der Waals surface area contributed by atoms with Crippen molar-refractivity contribution in [3.63, 3.8) is 0 Å². The lowest BCUT2D eigenvalue weighted by Gasteiger charge is -2.08. The predicted octanol–water partition coefficient (Wildman–Crippen LogP) is 1.49. The Morgan fingerprint density at radius 1 is 1.47 bits per heavy atom. The Morgan fingerprint density at radius 3 is 3.20 bits per heavy atom. The highest BCUT2D eigenvalue weighted by atomic mass is 15.0. The van der Waals surface area contributed by atoms with Crippen LogP contribution in [-0.2, 0) is 6.42 Å². The van der Waals surface area contributed by atoms with E-state index in [2.05, 4.69) is 15.3 Å². The second kappa shape index (κ2) is 2.82. The summed E-state index contributed by atoms with van der Waals surface area (Å²) in [6.45, 7) is 2.93. The van der Waals surface area contributed by atoms with Crippen molar-refractivity contribution in [2.24, 2.45) is 0 Å². The molecule has 76 valence electrons. The van der Waals surface area contributed by atoms with Gasteiger partial charge in [-0.25, -0.2) is 9.97 Å². The van der Waals surface area contributed by atoms with Crippen molar-refractivity contribution in [2.45, 2.75) is 13.3 Å². The van der Waals surface area contributed by atoms with Gasteiger partial charge in [-0.3, -0.25) is 0 Å². The quantitative estimate of drug-likeness (QED) is 0.676. The van der Waals surface area contributed by atoms with E-state index in [-0.39, 0.29) is 0 Å². The second-order valence-corrected chi connectivity index (χ2v) is 3.82. The third kappa shape index (κ3) is 1.08. The van der Waals surface area contributed by atoms with Crippen molar-refractivity contribution in [1.82, 2.24) is 9.97 Å². The molecule has 0 amide bonds. The summed E-state index contributed by atoms with van der Waals surface area (Å²) in [5, 5.41) is 5.47.